The van der Waals surface area contributed by atoms with E-state index in [1.807, 2.05) is 13.8 Å². The smallest absolute Gasteiger partial charge is 0.316 e. The summed E-state index contributed by atoms with van der Waals surface area (Å²) in [6, 6.07) is 3.09. The zero-order valence-corrected chi connectivity index (χ0v) is 15.0. The van der Waals surface area contributed by atoms with Gasteiger partial charge in [0.05, 0.1) is 27.1 Å². The minimum Gasteiger partial charge on any atom is -0.489 e. The number of rotatable bonds is 5. The van der Waals surface area contributed by atoms with Gasteiger partial charge in [-0.3, -0.25) is 9.59 Å². The quantitative estimate of drug-likeness (QED) is 0.808. The summed E-state index contributed by atoms with van der Waals surface area (Å²) >= 11 is 13.3. The summed E-state index contributed by atoms with van der Waals surface area (Å²) in [6.07, 6.45) is 0.932. The number of halogens is 2. The van der Waals surface area contributed by atoms with Crippen molar-refractivity contribution in [3.05, 3.63) is 22.2 Å². The van der Waals surface area contributed by atoms with Crippen molar-refractivity contribution in [2.24, 2.45) is 0 Å². The molecule has 0 spiro atoms. The summed E-state index contributed by atoms with van der Waals surface area (Å²) in [6.45, 7) is 3.73. The van der Waals surface area contributed by atoms with Gasteiger partial charge in [-0.15, -0.1) is 11.8 Å². The van der Waals surface area contributed by atoms with E-state index in [0.29, 0.717) is 34.3 Å². The molecule has 8 heteroatoms. The molecule has 2 atom stereocenters. The molecule has 1 aliphatic rings. The van der Waals surface area contributed by atoms with Gasteiger partial charge in [0.1, 0.15) is 11.0 Å². The first kappa shape index (κ1) is 18.2. The molecule has 0 aromatic heterocycles. The zero-order chi connectivity index (χ0) is 17.1. The molecule has 1 heterocycles. The summed E-state index contributed by atoms with van der Waals surface area (Å²) in [4.78, 5) is 23.3. The highest BCUT2D eigenvalue weighted by molar-refractivity contribution is 8.02. The summed E-state index contributed by atoms with van der Waals surface area (Å²) < 4.78 is 5.57. The molecule has 1 saturated heterocycles. The molecule has 1 unspecified atom stereocenters. The minimum absolute atomic E-state index is 0.0704. The number of thioether (sulfide) groups is 1. The largest absolute Gasteiger partial charge is 0.489 e. The highest BCUT2D eigenvalue weighted by Crippen LogP contribution is 2.37. The van der Waals surface area contributed by atoms with Gasteiger partial charge in [-0.1, -0.05) is 23.2 Å². The Labute approximate surface area is 148 Å². The van der Waals surface area contributed by atoms with Gasteiger partial charge in [0.2, 0.25) is 5.91 Å². The molecule has 0 aliphatic carbocycles. The molecule has 2 rings (SSSR count). The summed E-state index contributed by atoms with van der Waals surface area (Å²) in [7, 11) is 0. The van der Waals surface area contributed by atoms with Crippen molar-refractivity contribution < 1.29 is 19.4 Å². The third-order valence-electron chi connectivity index (χ3n) is 3.23. The Kier molecular flexibility index (Phi) is 6.06. The molecule has 1 amide bonds. The lowest BCUT2D eigenvalue weighted by Crippen LogP contribution is -2.24. The fraction of sp³-hybridized carbons (Fsp3) is 0.467. The van der Waals surface area contributed by atoms with Gasteiger partial charge in [0, 0.05) is 6.07 Å². The lowest BCUT2D eigenvalue weighted by Gasteiger charge is -2.16. The van der Waals surface area contributed by atoms with Crippen LogP contribution in [0.15, 0.2) is 12.1 Å². The molecule has 0 bridgehead atoms. The first-order valence-electron chi connectivity index (χ1n) is 7.12. The fourth-order valence-electron chi connectivity index (χ4n) is 2.19. The molecule has 5 nitrogen and oxygen atoms in total. The molecule has 0 radical (unpaired) electrons. The van der Waals surface area contributed by atoms with E-state index >= 15 is 0 Å². The van der Waals surface area contributed by atoms with Gasteiger partial charge in [-0.2, -0.15) is 0 Å². The fourth-order valence-corrected chi connectivity index (χ4v) is 3.91. The van der Waals surface area contributed by atoms with E-state index in [-0.39, 0.29) is 12.0 Å². The number of amides is 1. The third-order valence-corrected chi connectivity index (χ3v) is 5.38. The number of carboxylic acid groups (broad SMARTS) is 1. The lowest BCUT2D eigenvalue weighted by molar-refractivity contribution is -0.136. The van der Waals surface area contributed by atoms with Crippen molar-refractivity contribution in [1.29, 1.82) is 0 Å². The predicted molar refractivity (Wildman–Crippen MR) is 92.9 cm³/mol. The highest BCUT2D eigenvalue weighted by atomic mass is 35.5. The van der Waals surface area contributed by atoms with Crippen LogP contribution in [0.25, 0.3) is 0 Å². The predicted octanol–water partition coefficient (Wildman–Crippen LogP) is 4.07. The van der Waals surface area contributed by atoms with Crippen LogP contribution in [0, 0.1) is 0 Å². The normalized spacial score (nSPS) is 20.6. The third kappa shape index (κ3) is 4.68. The topological polar surface area (TPSA) is 75.6 Å². The molecule has 1 aromatic carbocycles. The van der Waals surface area contributed by atoms with Gasteiger partial charge in [-0.05, 0) is 32.8 Å². The van der Waals surface area contributed by atoms with Crippen LogP contribution in [0.4, 0.5) is 5.69 Å². The SMILES string of the molecule is CC(C)Oc1cc(NC(=O)C2CC[C@@H](C(=O)O)S2)c(Cl)cc1Cl. The van der Waals surface area contributed by atoms with E-state index in [1.165, 1.54) is 6.07 Å². The van der Waals surface area contributed by atoms with E-state index in [0.717, 1.165) is 11.8 Å². The first-order valence-corrected chi connectivity index (χ1v) is 8.82. The second kappa shape index (κ2) is 7.64. The van der Waals surface area contributed by atoms with Crippen LogP contribution in [0.3, 0.4) is 0 Å². The second-order valence-electron chi connectivity index (χ2n) is 5.45. The Morgan fingerprint density at radius 3 is 2.48 bits per heavy atom. The number of hydrogen-bond acceptors (Lipinski definition) is 4. The van der Waals surface area contributed by atoms with Crippen LogP contribution in [-0.2, 0) is 9.59 Å². The number of anilines is 1. The van der Waals surface area contributed by atoms with Gasteiger partial charge < -0.3 is 15.2 Å². The summed E-state index contributed by atoms with van der Waals surface area (Å²) in [5.74, 6) is -0.718. The minimum atomic E-state index is -0.887. The average molecular weight is 378 g/mol. The number of carbonyl (C=O) groups excluding carboxylic acids is 1. The number of hydrogen-bond donors (Lipinski definition) is 2. The maximum Gasteiger partial charge on any atom is 0.316 e. The second-order valence-corrected chi connectivity index (χ2v) is 7.67. The van der Waals surface area contributed by atoms with Gasteiger partial charge in [0.25, 0.3) is 0 Å². The molecule has 23 heavy (non-hydrogen) atoms. The van der Waals surface area contributed by atoms with Crippen molar-refractivity contribution in [1.82, 2.24) is 0 Å². The van der Waals surface area contributed by atoms with Crippen LogP contribution in [0.2, 0.25) is 10.0 Å². The van der Waals surface area contributed by atoms with Crippen molar-refractivity contribution in [3.63, 3.8) is 0 Å². The number of nitrogens with one attached hydrogen (secondary N) is 1. The number of benzene rings is 1. The lowest BCUT2D eigenvalue weighted by atomic mass is 10.2. The maximum atomic E-state index is 12.3. The molecule has 1 fully saturated rings. The summed E-state index contributed by atoms with van der Waals surface area (Å²) in [5, 5.41) is 11.4. The van der Waals surface area contributed by atoms with E-state index in [1.54, 1.807) is 6.07 Å². The zero-order valence-electron chi connectivity index (χ0n) is 12.6. The number of carboxylic acids is 1. The molecule has 2 N–H and O–H groups in total. The maximum absolute atomic E-state index is 12.3. The molecular weight excluding hydrogens is 361 g/mol. The molecule has 126 valence electrons. The molecule has 1 aliphatic heterocycles. The van der Waals surface area contributed by atoms with Crippen LogP contribution in [0.1, 0.15) is 26.7 Å². The van der Waals surface area contributed by atoms with E-state index < -0.39 is 16.5 Å². The molecular formula is C15H17Cl2NO4S. The van der Waals surface area contributed by atoms with Crippen molar-refractivity contribution in [2.75, 3.05) is 5.32 Å². The van der Waals surface area contributed by atoms with Crippen LogP contribution in [-0.4, -0.2) is 33.6 Å². The van der Waals surface area contributed by atoms with Crippen molar-refractivity contribution in [3.8, 4) is 5.75 Å². The molecule has 0 saturated carbocycles. The van der Waals surface area contributed by atoms with Crippen LogP contribution < -0.4 is 10.1 Å². The van der Waals surface area contributed by atoms with Crippen LogP contribution in [0.5, 0.6) is 5.75 Å². The van der Waals surface area contributed by atoms with E-state index in [2.05, 4.69) is 5.32 Å². The Balaban J connectivity index is 2.10. The highest BCUT2D eigenvalue weighted by Gasteiger charge is 2.34. The number of carbonyl (C=O) groups is 2. The first-order chi connectivity index (χ1) is 10.8. The van der Waals surface area contributed by atoms with Gasteiger partial charge in [0.15, 0.2) is 0 Å². The van der Waals surface area contributed by atoms with E-state index in [9.17, 15) is 9.59 Å². The average Bonchev–Trinajstić information content (AvgIpc) is 2.93. The monoisotopic (exact) mass is 377 g/mol. The Bertz CT molecular complexity index is 624. The standard InChI is InChI=1S/C15H17Cl2NO4S/c1-7(2)22-11-6-10(8(16)5-9(11)17)18-14(19)12-3-4-13(23-12)15(20)21/h5-7,12-13H,3-4H2,1-2H3,(H,18,19)(H,20,21)/t12?,13-/m0/s1. The number of ether oxygens (including phenoxy) is 1. The van der Waals surface area contributed by atoms with E-state index in [4.69, 9.17) is 33.0 Å². The van der Waals surface area contributed by atoms with Crippen molar-refractivity contribution >= 4 is 52.5 Å². The Morgan fingerprint density at radius 2 is 1.91 bits per heavy atom. The Morgan fingerprint density at radius 1 is 1.26 bits per heavy atom. The van der Waals surface area contributed by atoms with Gasteiger partial charge in [-0.25, -0.2) is 0 Å². The van der Waals surface area contributed by atoms with Gasteiger partial charge >= 0.3 is 5.97 Å². The summed E-state index contributed by atoms with van der Waals surface area (Å²) in [5.41, 5.74) is 0.399. The van der Waals surface area contributed by atoms with Crippen molar-refractivity contribution in [2.45, 2.75) is 43.3 Å². The molecule has 1 aromatic rings. The number of aliphatic carboxylic acids is 1. The Hall–Kier alpha value is -1.11. The van der Waals surface area contributed by atoms with Crippen LogP contribution >= 0.6 is 35.0 Å².